The predicted octanol–water partition coefficient (Wildman–Crippen LogP) is -1.79. The molecule has 15 heavy (non-hydrogen) atoms. The van der Waals surface area contributed by atoms with E-state index >= 15 is 0 Å². The van der Waals surface area contributed by atoms with Gasteiger partial charge in [0.2, 0.25) is 0 Å². The highest BCUT2D eigenvalue weighted by Gasteiger charge is 2.42. The number of nitrogens with two attached hydrogens (primary N) is 1. The van der Waals surface area contributed by atoms with Crippen molar-refractivity contribution in [2.75, 3.05) is 13.2 Å². The molecule has 0 spiro atoms. The van der Waals surface area contributed by atoms with Crippen molar-refractivity contribution in [2.24, 2.45) is 5.73 Å². The minimum Gasteiger partial charge on any atom is -0.394 e. The Morgan fingerprint density at radius 1 is 1.33 bits per heavy atom. The van der Waals surface area contributed by atoms with Gasteiger partial charge in [0.15, 0.2) is 6.29 Å². The van der Waals surface area contributed by atoms with Crippen LogP contribution < -0.4 is 5.73 Å². The van der Waals surface area contributed by atoms with Gasteiger partial charge in [-0.25, -0.2) is 0 Å². The summed E-state index contributed by atoms with van der Waals surface area (Å²) in [4.78, 5) is 0. The van der Waals surface area contributed by atoms with Gasteiger partial charge >= 0.3 is 0 Å². The first-order valence-corrected chi connectivity index (χ1v) is 4.61. The SMILES string of the molecule is CCOC1OC(CO)C(O)C(O)C1N.Cl. The Kier molecular flexibility index (Phi) is 6.62. The van der Waals surface area contributed by atoms with Gasteiger partial charge in [0, 0.05) is 6.61 Å². The molecule has 1 saturated heterocycles. The molecule has 5 N–H and O–H groups in total. The molecule has 1 fully saturated rings. The van der Waals surface area contributed by atoms with E-state index in [1.807, 2.05) is 0 Å². The molecule has 1 rings (SSSR count). The molecule has 6 nitrogen and oxygen atoms in total. The Bertz CT molecular complexity index is 180. The minimum absolute atomic E-state index is 0. The van der Waals surface area contributed by atoms with Crippen molar-refractivity contribution in [3.05, 3.63) is 0 Å². The third kappa shape index (κ3) is 3.25. The first kappa shape index (κ1) is 15.0. The Labute approximate surface area is 94.4 Å². The molecule has 1 heterocycles. The van der Waals surface area contributed by atoms with Crippen LogP contribution in [0.15, 0.2) is 0 Å². The van der Waals surface area contributed by atoms with Crippen LogP contribution in [0.2, 0.25) is 0 Å². The number of hydrogen-bond donors (Lipinski definition) is 4. The molecule has 0 aliphatic carbocycles. The van der Waals surface area contributed by atoms with Gasteiger partial charge in [0.1, 0.15) is 18.3 Å². The van der Waals surface area contributed by atoms with Crippen molar-refractivity contribution >= 4 is 12.4 Å². The lowest BCUT2D eigenvalue weighted by molar-refractivity contribution is -0.264. The van der Waals surface area contributed by atoms with E-state index in [2.05, 4.69) is 0 Å². The highest BCUT2D eigenvalue weighted by atomic mass is 35.5. The highest BCUT2D eigenvalue weighted by Crippen LogP contribution is 2.20. The van der Waals surface area contributed by atoms with Gasteiger partial charge in [0.05, 0.1) is 12.6 Å². The number of aliphatic hydroxyl groups is 3. The zero-order chi connectivity index (χ0) is 10.7. The number of aliphatic hydroxyl groups excluding tert-OH is 3. The van der Waals surface area contributed by atoms with Gasteiger partial charge in [-0.05, 0) is 6.92 Å². The lowest BCUT2D eigenvalue weighted by Crippen LogP contribution is -2.62. The normalized spacial score (nSPS) is 41.0. The smallest absolute Gasteiger partial charge is 0.175 e. The van der Waals surface area contributed by atoms with Crippen molar-refractivity contribution in [1.82, 2.24) is 0 Å². The van der Waals surface area contributed by atoms with Crippen LogP contribution >= 0.6 is 12.4 Å². The van der Waals surface area contributed by atoms with E-state index in [1.54, 1.807) is 6.92 Å². The largest absolute Gasteiger partial charge is 0.394 e. The molecule has 0 aromatic rings. The lowest BCUT2D eigenvalue weighted by atomic mass is 9.98. The molecule has 0 aromatic heterocycles. The van der Waals surface area contributed by atoms with E-state index < -0.39 is 30.6 Å². The molecule has 5 unspecified atom stereocenters. The summed E-state index contributed by atoms with van der Waals surface area (Å²) in [7, 11) is 0. The molecule has 5 atom stereocenters. The molecule has 0 radical (unpaired) electrons. The fraction of sp³-hybridized carbons (Fsp3) is 1.00. The summed E-state index contributed by atoms with van der Waals surface area (Å²) in [5, 5.41) is 27.8. The molecule has 0 amide bonds. The summed E-state index contributed by atoms with van der Waals surface area (Å²) < 4.78 is 10.3. The molecule has 1 aliphatic rings. The standard InChI is InChI=1S/C8H17NO5.ClH/c1-2-13-8-5(9)7(12)6(11)4(3-10)14-8;/h4-8,10-12H,2-3,9H2,1H3;1H. The van der Waals surface area contributed by atoms with Crippen molar-refractivity contribution in [3.63, 3.8) is 0 Å². The zero-order valence-electron chi connectivity index (χ0n) is 8.44. The summed E-state index contributed by atoms with van der Waals surface area (Å²) in [6, 6.07) is -0.798. The summed E-state index contributed by atoms with van der Waals surface area (Å²) in [5.74, 6) is 0. The average Bonchev–Trinajstić information content (AvgIpc) is 2.19. The molecule has 0 aromatic carbocycles. The van der Waals surface area contributed by atoms with Gasteiger partial charge in [-0.15, -0.1) is 12.4 Å². The maximum Gasteiger partial charge on any atom is 0.175 e. The van der Waals surface area contributed by atoms with Crippen LogP contribution in [-0.4, -0.2) is 59.2 Å². The third-order valence-electron chi connectivity index (χ3n) is 2.26. The lowest BCUT2D eigenvalue weighted by Gasteiger charge is -2.40. The van der Waals surface area contributed by atoms with Crippen LogP contribution in [0.4, 0.5) is 0 Å². The average molecular weight is 244 g/mol. The minimum atomic E-state index is -1.17. The summed E-state index contributed by atoms with van der Waals surface area (Å²) in [6.45, 7) is 1.77. The van der Waals surface area contributed by atoms with E-state index in [0.29, 0.717) is 6.61 Å². The molecular formula is C8H18ClNO5. The summed E-state index contributed by atoms with van der Waals surface area (Å²) in [6.07, 6.45) is -3.94. The number of ether oxygens (including phenoxy) is 2. The van der Waals surface area contributed by atoms with Gasteiger partial charge in [0.25, 0.3) is 0 Å². The Morgan fingerprint density at radius 2 is 1.93 bits per heavy atom. The summed E-state index contributed by atoms with van der Waals surface area (Å²) >= 11 is 0. The topological polar surface area (TPSA) is 105 Å². The first-order chi connectivity index (χ1) is 6.61. The van der Waals surface area contributed by atoms with Gasteiger partial charge in [-0.1, -0.05) is 0 Å². The number of hydrogen-bond acceptors (Lipinski definition) is 6. The van der Waals surface area contributed by atoms with E-state index in [9.17, 15) is 10.2 Å². The Hall–Kier alpha value is 0.0500. The van der Waals surface area contributed by atoms with Crippen LogP contribution in [0, 0.1) is 0 Å². The fourth-order valence-corrected chi connectivity index (χ4v) is 1.42. The molecule has 92 valence electrons. The second-order valence-corrected chi connectivity index (χ2v) is 3.24. The van der Waals surface area contributed by atoms with Gasteiger partial charge in [-0.3, -0.25) is 0 Å². The van der Waals surface area contributed by atoms with Gasteiger partial charge in [-0.2, -0.15) is 0 Å². The van der Waals surface area contributed by atoms with Crippen LogP contribution in [0.1, 0.15) is 6.92 Å². The second-order valence-electron chi connectivity index (χ2n) is 3.24. The number of rotatable bonds is 3. The zero-order valence-corrected chi connectivity index (χ0v) is 9.26. The van der Waals surface area contributed by atoms with Crippen LogP contribution in [-0.2, 0) is 9.47 Å². The van der Waals surface area contributed by atoms with E-state index in [-0.39, 0.29) is 19.0 Å². The monoisotopic (exact) mass is 243 g/mol. The first-order valence-electron chi connectivity index (χ1n) is 4.61. The second kappa shape index (κ2) is 6.59. The third-order valence-corrected chi connectivity index (χ3v) is 2.26. The van der Waals surface area contributed by atoms with E-state index in [0.717, 1.165) is 0 Å². The predicted molar refractivity (Wildman–Crippen MR) is 54.6 cm³/mol. The molecule has 1 aliphatic heterocycles. The van der Waals surface area contributed by atoms with Crippen LogP contribution in [0.3, 0.4) is 0 Å². The van der Waals surface area contributed by atoms with Gasteiger partial charge < -0.3 is 30.5 Å². The number of halogens is 1. The molecular weight excluding hydrogens is 226 g/mol. The van der Waals surface area contributed by atoms with Crippen molar-refractivity contribution < 1.29 is 24.8 Å². The fourth-order valence-electron chi connectivity index (χ4n) is 1.42. The Morgan fingerprint density at radius 3 is 2.40 bits per heavy atom. The van der Waals surface area contributed by atoms with E-state index in [1.165, 1.54) is 0 Å². The van der Waals surface area contributed by atoms with E-state index in [4.69, 9.17) is 20.3 Å². The highest BCUT2D eigenvalue weighted by molar-refractivity contribution is 5.85. The molecule has 0 bridgehead atoms. The maximum absolute atomic E-state index is 9.50. The van der Waals surface area contributed by atoms with Crippen LogP contribution in [0.25, 0.3) is 0 Å². The molecule has 7 heteroatoms. The van der Waals surface area contributed by atoms with Crippen molar-refractivity contribution in [2.45, 2.75) is 37.6 Å². The quantitative estimate of drug-likeness (QED) is 0.467. The summed E-state index contributed by atoms with van der Waals surface area (Å²) in [5.41, 5.74) is 5.57. The Balaban J connectivity index is 0.00000196. The molecule has 0 saturated carbocycles. The van der Waals surface area contributed by atoms with Crippen molar-refractivity contribution in [3.8, 4) is 0 Å². The van der Waals surface area contributed by atoms with Crippen molar-refractivity contribution in [1.29, 1.82) is 0 Å². The van der Waals surface area contributed by atoms with Crippen LogP contribution in [0.5, 0.6) is 0 Å². The maximum atomic E-state index is 9.50.